The largest absolute Gasteiger partial charge is 0.456 e. The van der Waals surface area contributed by atoms with Crippen LogP contribution >= 0.6 is 0 Å². The lowest BCUT2D eigenvalue weighted by molar-refractivity contribution is 0.668. The standard InChI is InChI=1S/C49H31N3O2/c1-2-12-32(13-3-1)36-16-8-21-42-45(36)46-39(18-10-22-43(46)54-42)49-51-47(33-26-23-31(24-27-33)35-28-25-30-11-4-5-14-34(30)29-35)50-48(52-49)38-17-9-20-41-44(38)37-15-6-7-19-40(37)53-41/h2,4-29H,1,3H2. The minimum atomic E-state index is 0.578. The Labute approximate surface area is 310 Å². The lowest BCUT2D eigenvalue weighted by Gasteiger charge is -2.12. The fourth-order valence-electron chi connectivity index (χ4n) is 7.99. The zero-order valence-corrected chi connectivity index (χ0v) is 29.2. The van der Waals surface area contributed by atoms with Gasteiger partial charge in [-0.15, -0.1) is 0 Å². The molecule has 0 N–H and O–H groups in total. The van der Waals surface area contributed by atoms with Crippen LogP contribution < -0.4 is 0 Å². The van der Waals surface area contributed by atoms with Gasteiger partial charge in [0.25, 0.3) is 0 Å². The number of aromatic nitrogens is 3. The van der Waals surface area contributed by atoms with E-state index >= 15 is 0 Å². The molecule has 1 aliphatic rings. The summed E-state index contributed by atoms with van der Waals surface area (Å²) in [6, 6.07) is 50.2. The number of allylic oxidation sites excluding steroid dienone is 4. The average Bonchev–Trinajstić information content (AvgIpc) is 3.83. The van der Waals surface area contributed by atoms with Crippen molar-refractivity contribution in [3.8, 4) is 45.3 Å². The van der Waals surface area contributed by atoms with Crippen LogP contribution in [0.1, 0.15) is 18.4 Å². The Hall–Kier alpha value is -7.11. The summed E-state index contributed by atoms with van der Waals surface area (Å²) in [4.78, 5) is 15.7. The van der Waals surface area contributed by atoms with E-state index in [1.807, 2.05) is 48.5 Å². The molecule has 0 amide bonds. The van der Waals surface area contributed by atoms with Crippen LogP contribution in [0.2, 0.25) is 0 Å². The second kappa shape index (κ2) is 12.2. The van der Waals surface area contributed by atoms with Gasteiger partial charge in [-0.1, -0.05) is 133 Å². The van der Waals surface area contributed by atoms with Crippen molar-refractivity contribution in [1.29, 1.82) is 0 Å². The zero-order chi connectivity index (χ0) is 35.6. The third-order valence-electron chi connectivity index (χ3n) is 10.6. The molecule has 3 heterocycles. The number of hydrogen-bond acceptors (Lipinski definition) is 5. The fourth-order valence-corrected chi connectivity index (χ4v) is 7.99. The highest BCUT2D eigenvalue weighted by molar-refractivity contribution is 6.16. The van der Waals surface area contributed by atoms with Gasteiger partial charge in [0.05, 0.1) is 0 Å². The second-order valence-electron chi connectivity index (χ2n) is 13.8. The molecule has 0 saturated carbocycles. The average molecular weight is 694 g/mol. The van der Waals surface area contributed by atoms with E-state index in [0.717, 1.165) is 90.1 Å². The van der Waals surface area contributed by atoms with E-state index in [0.29, 0.717) is 17.5 Å². The van der Waals surface area contributed by atoms with Gasteiger partial charge in [-0.2, -0.15) is 0 Å². The van der Waals surface area contributed by atoms with Gasteiger partial charge in [0, 0.05) is 38.2 Å². The highest BCUT2D eigenvalue weighted by Crippen LogP contribution is 2.42. The number of para-hydroxylation sites is 1. The van der Waals surface area contributed by atoms with Crippen molar-refractivity contribution in [3.05, 3.63) is 169 Å². The third-order valence-corrected chi connectivity index (χ3v) is 10.6. The first kappa shape index (κ1) is 30.5. The van der Waals surface area contributed by atoms with Crippen molar-refractivity contribution in [3.63, 3.8) is 0 Å². The van der Waals surface area contributed by atoms with Crippen LogP contribution in [0.15, 0.2) is 173 Å². The molecule has 254 valence electrons. The summed E-state index contributed by atoms with van der Waals surface area (Å²) >= 11 is 0. The van der Waals surface area contributed by atoms with Gasteiger partial charge in [0.15, 0.2) is 17.5 Å². The molecule has 5 heteroatoms. The predicted octanol–water partition coefficient (Wildman–Crippen LogP) is 13.2. The molecule has 10 aromatic rings. The van der Waals surface area contributed by atoms with Gasteiger partial charge in [0.2, 0.25) is 0 Å². The van der Waals surface area contributed by atoms with E-state index in [9.17, 15) is 0 Å². The van der Waals surface area contributed by atoms with Crippen molar-refractivity contribution in [2.24, 2.45) is 0 Å². The molecule has 0 spiro atoms. The highest BCUT2D eigenvalue weighted by Gasteiger charge is 2.22. The Balaban J connectivity index is 1.14. The molecule has 54 heavy (non-hydrogen) atoms. The molecule has 0 fully saturated rings. The van der Waals surface area contributed by atoms with Gasteiger partial charge in [-0.25, -0.2) is 15.0 Å². The molecule has 0 unspecified atom stereocenters. The first-order valence-corrected chi connectivity index (χ1v) is 18.3. The third kappa shape index (κ3) is 4.97. The molecule has 0 saturated heterocycles. The number of furan rings is 2. The number of hydrogen-bond donors (Lipinski definition) is 0. The SMILES string of the molecule is C1=CC(c2cccc3oc4cccc(-c5nc(-c6ccc(-c7ccc8ccccc8c7)cc6)nc(-c6cccc7oc8ccccc8c67)n5)c4c23)=CCC1. The molecule has 5 nitrogen and oxygen atoms in total. The maximum Gasteiger partial charge on any atom is 0.164 e. The summed E-state index contributed by atoms with van der Waals surface area (Å²) in [7, 11) is 0. The topological polar surface area (TPSA) is 65.0 Å². The monoisotopic (exact) mass is 693 g/mol. The van der Waals surface area contributed by atoms with Gasteiger partial charge in [-0.3, -0.25) is 0 Å². The molecular formula is C49H31N3O2. The van der Waals surface area contributed by atoms with E-state index in [-0.39, 0.29) is 0 Å². The van der Waals surface area contributed by atoms with Crippen LogP contribution in [0.4, 0.5) is 0 Å². The number of rotatable bonds is 5. The molecule has 0 bridgehead atoms. The minimum Gasteiger partial charge on any atom is -0.456 e. The smallest absolute Gasteiger partial charge is 0.164 e. The number of benzene rings is 7. The lowest BCUT2D eigenvalue weighted by Crippen LogP contribution is -2.01. The Morgan fingerprint density at radius 3 is 1.74 bits per heavy atom. The maximum atomic E-state index is 6.52. The van der Waals surface area contributed by atoms with Crippen molar-refractivity contribution in [2.45, 2.75) is 12.8 Å². The summed E-state index contributed by atoms with van der Waals surface area (Å²) in [5.41, 5.74) is 10.6. The Bertz CT molecular complexity index is 3160. The number of nitrogens with zero attached hydrogens (tertiary/aromatic N) is 3. The Morgan fingerprint density at radius 1 is 0.407 bits per heavy atom. The molecule has 1 aliphatic carbocycles. The summed E-state index contributed by atoms with van der Waals surface area (Å²) < 4.78 is 12.8. The van der Waals surface area contributed by atoms with Gasteiger partial charge in [0.1, 0.15) is 22.3 Å². The van der Waals surface area contributed by atoms with Gasteiger partial charge < -0.3 is 8.83 Å². The van der Waals surface area contributed by atoms with Crippen LogP contribution in [-0.4, -0.2) is 15.0 Å². The van der Waals surface area contributed by atoms with Crippen molar-refractivity contribution >= 4 is 60.2 Å². The zero-order valence-electron chi connectivity index (χ0n) is 29.2. The normalized spacial score (nSPS) is 13.1. The van der Waals surface area contributed by atoms with Gasteiger partial charge >= 0.3 is 0 Å². The van der Waals surface area contributed by atoms with Crippen molar-refractivity contribution < 1.29 is 8.83 Å². The van der Waals surface area contributed by atoms with E-state index in [1.165, 1.54) is 16.3 Å². The van der Waals surface area contributed by atoms with E-state index < -0.39 is 0 Å². The fraction of sp³-hybridized carbons (Fsp3) is 0.0408. The van der Waals surface area contributed by atoms with Crippen LogP contribution in [0, 0.1) is 0 Å². The molecule has 0 aliphatic heterocycles. The summed E-state index contributed by atoms with van der Waals surface area (Å²) in [6.45, 7) is 0. The predicted molar refractivity (Wildman–Crippen MR) is 220 cm³/mol. The quantitative estimate of drug-likeness (QED) is 0.179. The van der Waals surface area contributed by atoms with E-state index in [1.54, 1.807) is 0 Å². The van der Waals surface area contributed by atoms with E-state index in [4.69, 9.17) is 23.8 Å². The Kier molecular flexibility index (Phi) is 6.92. The van der Waals surface area contributed by atoms with Crippen LogP contribution in [0.5, 0.6) is 0 Å². The molecule has 3 aromatic heterocycles. The molecule has 0 radical (unpaired) electrons. The summed E-state index contributed by atoms with van der Waals surface area (Å²) in [5.74, 6) is 1.75. The highest BCUT2D eigenvalue weighted by atomic mass is 16.3. The first-order valence-electron chi connectivity index (χ1n) is 18.3. The second-order valence-corrected chi connectivity index (χ2v) is 13.8. The van der Waals surface area contributed by atoms with Crippen molar-refractivity contribution in [2.75, 3.05) is 0 Å². The maximum absolute atomic E-state index is 6.52. The molecule has 0 atom stereocenters. The van der Waals surface area contributed by atoms with Gasteiger partial charge in [-0.05, 0) is 76.2 Å². The molecule has 7 aromatic carbocycles. The van der Waals surface area contributed by atoms with Crippen LogP contribution in [0.25, 0.3) is 106 Å². The van der Waals surface area contributed by atoms with E-state index in [2.05, 4.69) is 115 Å². The van der Waals surface area contributed by atoms with Crippen molar-refractivity contribution in [1.82, 2.24) is 15.0 Å². The summed E-state index contributed by atoms with van der Waals surface area (Å²) in [5, 5.41) is 6.49. The lowest BCUT2D eigenvalue weighted by atomic mass is 9.94. The summed E-state index contributed by atoms with van der Waals surface area (Å²) in [6.07, 6.45) is 8.84. The van der Waals surface area contributed by atoms with Crippen LogP contribution in [0.3, 0.4) is 0 Å². The minimum absolute atomic E-state index is 0.578. The first-order chi connectivity index (χ1) is 26.7. The van der Waals surface area contributed by atoms with Crippen LogP contribution in [-0.2, 0) is 0 Å². The molecular weight excluding hydrogens is 663 g/mol. The Morgan fingerprint density at radius 2 is 0.981 bits per heavy atom. The number of fused-ring (bicyclic) bond motifs is 7. The molecule has 11 rings (SSSR count).